The molecular formula is C23H16F3NO3. The molecule has 30 heavy (non-hydrogen) atoms. The number of halogens is 3. The first-order valence-corrected chi connectivity index (χ1v) is 9.04. The highest BCUT2D eigenvalue weighted by molar-refractivity contribution is 6.20. The first-order chi connectivity index (χ1) is 14.3. The molecule has 1 fully saturated rings. The van der Waals surface area contributed by atoms with Crippen molar-refractivity contribution in [1.82, 2.24) is 0 Å². The fraction of sp³-hybridized carbons (Fsp3) is 0.130. The van der Waals surface area contributed by atoms with Crippen LogP contribution in [0.2, 0.25) is 0 Å². The van der Waals surface area contributed by atoms with Crippen LogP contribution in [0.1, 0.15) is 22.6 Å². The molecular weight excluding hydrogens is 395 g/mol. The first-order valence-electron chi connectivity index (χ1n) is 9.04. The van der Waals surface area contributed by atoms with Gasteiger partial charge in [0.1, 0.15) is 11.7 Å². The van der Waals surface area contributed by atoms with Gasteiger partial charge in [0, 0.05) is 5.39 Å². The normalized spacial score (nSPS) is 18.1. The number of hydrogen-bond acceptors (Lipinski definition) is 4. The number of ketones is 1. The lowest BCUT2D eigenvalue weighted by molar-refractivity contribution is -0.137. The average molecular weight is 411 g/mol. The summed E-state index contributed by atoms with van der Waals surface area (Å²) in [5.41, 5.74) is -0.130. The third kappa shape index (κ3) is 3.43. The van der Waals surface area contributed by atoms with Gasteiger partial charge in [0.15, 0.2) is 5.76 Å². The summed E-state index contributed by atoms with van der Waals surface area (Å²) in [5, 5.41) is 9.69. The molecule has 0 spiro atoms. The van der Waals surface area contributed by atoms with Gasteiger partial charge in [-0.15, -0.1) is 0 Å². The van der Waals surface area contributed by atoms with E-state index < -0.39 is 29.3 Å². The second-order valence-corrected chi connectivity index (χ2v) is 6.80. The molecule has 1 heterocycles. The standard InChI is InChI=1S/C23H16F3NO3/c1-29-18-10-4-8-16-13(5-3-9-17(16)18)12-19-21(28)20(22(27)30-19)14-6-2-7-15(11-14)23(24,25)26/h2-12,20,27H,1H3. The van der Waals surface area contributed by atoms with Crippen LogP contribution in [-0.2, 0) is 15.7 Å². The summed E-state index contributed by atoms with van der Waals surface area (Å²) in [6.07, 6.45) is -3.03. The van der Waals surface area contributed by atoms with E-state index in [1.807, 2.05) is 24.3 Å². The van der Waals surface area contributed by atoms with Crippen molar-refractivity contribution in [2.75, 3.05) is 7.11 Å². The monoisotopic (exact) mass is 411 g/mol. The highest BCUT2D eigenvalue weighted by atomic mass is 19.4. The molecule has 3 aromatic carbocycles. The molecule has 4 rings (SSSR count). The zero-order valence-corrected chi connectivity index (χ0v) is 15.8. The van der Waals surface area contributed by atoms with E-state index in [1.54, 1.807) is 19.2 Å². The Labute approximate surface area is 170 Å². The summed E-state index contributed by atoms with van der Waals surface area (Å²) >= 11 is 0. The molecule has 0 amide bonds. The molecule has 0 aromatic heterocycles. The van der Waals surface area contributed by atoms with E-state index in [4.69, 9.17) is 14.9 Å². The van der Waals surface area contributed by atoms with Gasteiger partial charge in [0.25, 0.3) is 0 Å². The third-order valence-corrected chi connectivity index (χ3v) is 4.96. The van der Waals surface area contributed by atoms with Crippen LogP contribution >= 0.6 is 0 Å². The zero-order valence-electron chi connectivity index (χ0n) is 15.8. The number of carbonyl (C=O) groups excluding carboxylic acids is 1. The molecule has 1 N–H and O–H groups in total. The number of ether oxygens (including phenoxy) is 2. The Balaban J connectivity index is 1.74. The Hall–Kier alpha value is -3.61. The Morgan fingerprint density at radius 2 is 1.73 bits per heavy atom. The highest BCUT2D eigenvalue weighted by Crippen LogP contribution is 2.36. The van der Waals surface area contributed by atoms with E-state index in [0.717, 1.165) is 22.9 Å². The lowest BCUT2D eigenvalue weighted by Gasteiger charge is -2.10. The van der Waals surface area contributed by atoms with E-state index in [2.05, 4.69) is 0 Å². The van der Waals surface area contributed by atoms with E-state index in [0.29, 0.717) is 11.3 Å². The van der Waals surface area contributed by atoms with Crippen molar-refractivity contribution >= 4 is 28.5 Å². The fourth-order valence-corrected chi connectivity index (χ4v) is 3.54. The molecule has 7 heteroatoms. The maximum absolute atomic E-state index is 13.0. The molecule has 1 atom stereocenters. The van der Waals surface area contributed by atoms with Crippen molar-refractivity contribution < 1.29 is 27.4 Å². The maximum atomic E-state index is 13.0. The summed E-state index contributed by atoms with van der Waals surface area (Å²) in [5.74, 6) is -1.58. The van der Waals surface area contributed by atoms with Crippen molar-refractivity contribution in [2.24, 2.45) is 0 Å². The molecule has 1 aliphatic heterocycles. The van der Waals surface area contributed by atoms with Crippen LogP contribution in [0.4, 0.5) is 13.2 Å². The number of carbonyl (C=O) groups is 1. The Bertz CT molecular complexity index is 1200. The summed E-state index contributed by atoms with van der Waals surface area (Å²) < 4.78 is 49.8. The van der Waals surface area contributed by atoms with Gasteiger partial charge in [-0.05, 0) is 34.7 Å². The number of benzene rings is 3. The Kier molecular flexibility index (Phi) is 4.81. The highest BCUT2D eigenvalue weighted by Gasteiger charge is 2.40. The number of nitrogens with one attached hydrogen (secondary N) is 1. The van der Waals surface area contributed by atoms with E-state index in [9.17, 15) is 18.0 Å². The van der Waals surface area contributed by atoms with Crippen LogP contribution in [-0.4, -0.2) is 18.8 Å². The minimum atomic E-state index is -4.54. The lowest BCUT2D eigenvalue weighted by atomic mass is 9.93. The molecule has 1 aliphatic rings. The minimum absolute atomic E-state index is 0.0720. The summed E-state index contributed by atoms with van der Waals surface area (Å²) in [4.78, 5) is 12.9. The third-order valence-electron chi connectivity index (χ3n) is 4.96. The molecule has 0 aliphatic carbocycles. The van der Waals surface area contributed by atoms with Crippen LogP contribution < -0.4 is 4.74 Å². The van der Waals surface area contributed by atoms with Crippen molar-refractivity contribution in [3.8, 4) is 5.75 Å². The van der Waals surface area contributed by atoms with Crippen LogP contribution in [0.3, 0.4) is 0 Å². The molecule has 0 radical (unpaired) electrons. The molecule has 0 saturated carbocycles. The second kappa shape index (κ2) is 7.33. The van der Waals surface area contributed by atoms with Gasteiger partial charge in [0.2, 0.25) is 11.7 Å². The van der Waals surface area contributed by atoms with Gasteiger partial charge < -0.3 is 9.47 Å². The number of Topliss-reactive ketones (excluding diaryl/α,β-unsaturated/α-hetero) is 1. The van der Waals surface area contributed by atoms with Gasteiger partial charge in [-0.1, -0.05) is 48.5 Å². The number of hydrogen-bond donors (Lipinski definition) is 1. The molecule has 152 valence electrons. The SMILES string of the molecule is COc1cccc2c(C=C3OC(=N)C(c4cccc(C(F)(F)F)c4)C3=O)cccc12. The topological polar surface area (TPSA) is 59.4 Å². The van der Waals surface area contributed by atoms with Gasteiger partial charge in [-0.25, -0.2) is 0 Å². The van der Waals surface area contributed by atoms with Crippen molar-refractivity contribution in [3.05, 3.63) is 83.1 Å². The summed E-state index contributed by atoms with van der Waals surface area (Å²) in [6.45, 7) is 0. The lowest BCUT2D eigenvalue weighted by Crippen LogP contribution is -2.14. The predicted octanol–water partition coefficient (Wildman–Crippen LogP) is 5.57. The van der Waals surface area contributed by atoms with Crippen molar-refractivity contribution in [3.63, 3.8) is 0 Å². The zero-order chi connectivity index (χ0) is 21.5. The van der Waals surface area contributed by atoms with Crippen LogP contribution in [0.25, 0.3) is 16.8 Å². The largest absolute Gasteiger partial charge is 0.496 e. The van der Waals surface area contributed by atoms with Crippen molar-refractivity contribution in [2.45, 2.75) is 12.1 Å². The Morgan fingerprint density at radius 3 is 2.47 bits per heavy atom. The molecule has 1 unspecified atom stereocenters. The number of allylic oxidation sites excluding steroid dienone is 1. The van der Waals surface area contributed by atoms with Crippen LogP contribution in [0.5, 0.6) is 5.75 Å². The quantitative estimate of drug-likeness (QED) is 0.574. The van der Waals surface area contributed by atoms with Gasteiger partial charge in [-0.3, -0.25) is 10.2 Å². The Morgan fingerprint density at radius 1 is 1.03 bits per heavy atom. The van der Waals surface area contributed by atoms with Crippen LogP contribution in [0, 0.1) is 5.41 Å². The van der Waals surface area contributed by atoms with E-state index >= 15 is 0 Å². The van der Waals surface area contributed by atoms with Gasteiger partial charge in [-0.2, -0.15) is 13.2 Å². The predicted molar refractivity (Wildman–Crippen MR) is 106 cm³/mol. The molecule has 3 aromatic rings. The second-order valence-electron chi connectivity index (χ2n) is 6.80. The molecule has 1 saturated heterocycles. The first kappa shape index (κ1) is 19.7. The number of rotatable bonds is 3. The average Bonchev–Trinajstić information content (AvgIpc) is 3.00. The number of methoxy groups -OCH3 is 1. The minimum Gasteiger partial charge on any atom is -0.496 e. The van der Waals surface area contributed by atoms with E-state index in [-0.39, 0.29) is 11.3 Å². The van der Waals surface area contributed by atoms with E-state index in [1.165, 1.54) is 18.2 Å². The number of alkyl halides is 3. The number of fused-ring (bicyclic) bond motifs is 1. The summed E-state index contributed by atoms with van der Waals surface area (Å²) in [7, 11) is 1.56. The van der Waals surface area contributed by atoms with Gasteiger partial charge >= 0.3 is 6.18 Å². The van der Waals surface area contributed by atoms with Crippen molar-refractivity contribution in [1.29, 1.82) is 5.41 Å². The van der Waals surface area contributed by atoms with Crippen LogP contribution in [0.15, 0.2) is 66.4 Å². The fourth-order valence-electron chi connectivity index (χ4n) is 3.54. The van der Waals surface area contributed by atoms with Gasteiger partial charge in [0.05, 0.1) is 12.7 Å². The smallest absolute Gasteiger partial charge is 0.416 e. The maximum Gasteiger partial charge on any atom is 0.416 e. The molecule has 0 bridgehead atoms. The summed E-state index contributed by atoms with van der Waals surface area (Å²) in [6, 6.07) is 15.4. The molecule has 4 nitrogen and oxygen atoms in total.